The van der Waals surface area contributed by atoms with Crippen molar-refractivity contribution >= 4 is 17.3 Å². The lowest BCUT2D eigenvalue weighted by atomic mass is 10.4. The lowest BCUT2D eigenvalue weighted by molar-refractivity contribution is 0.248. The molecule has 1 radical (unpaired) electrons. The predicted octanol–water partition coefficient (Wildman–Crippen LogP) is 1.42. The highest BCUT2D eigenvalue weighted by atomic mass is 35.5. The standard InChI is InChI=1S/C6H8ClN2O/c1-3-10-5-4(2)8-9-6(5)7/h3H2,1-2H3. The van der Waals surface area contributed by atoms with Gasteiger partial charge in [-0.15, -0.1) is 5.43 Å². The van der Waals surface area contributed by atoms with E-state index < -0.39 is 0 Å². The van der Waals surface area contributed by atoms with E-state index in [2.05, 4.69) is 10.5 Å². The fraction of sp³-hybridized carbons (Fsp3) is 0.500. The zero-order valence-corrected chi connectivity index (χ0v) is 6.64. The first-order chi connectivity index (χ1) is 4.75. The zero-order valence-electron chi connectivity index (χ0n) is 5.89. The molecule has 0 aromatic rings. The predicted molar refractivity (Wildman–Crippen MR) is 39.7 cm³/mol. The summed E-state index contributed by atoms with van der Waals surface area (Å²) in [5, 5.41) is 4.07. The van der Waals surface area contributed by atoms with Gasteiger partial charge in [0.2, 0.25) is 0 Å². The average Bonchev–Trinajstić information content (AvgIpc) is 2.20. The quantitative estimate of drug-likeness (QED) is 0.562. The van der Waals surface area contributed by atoms with Crippen molar-refractivity contribution in [2.24, 2.45) is 5.10 Å². The fourth-order valence-corrected chi connectivity index (χ4v) is 0.896. The van der Waals surface area contributed by atoms with E-state index in [4.69, 9.17) is 16.3 Å². The van der Waals surface area contributed by atoms with Gasteiger partial charge >= 0.3 is 0 Å². The monoisotopic (exact) mass is 159 g/mol. The van der Waals surface area contributed by atoms with E-state index in [0.29, 0.717) is 17.5 Å². The van der Waals surface area contributed by atoms with Crippen molar-refractivity contribution < 1.29 is 4.74 Å². The van der Waals surface area contributed by atoms with E-state index in [1.165, 1.54) is 0 Å². The molecule has 0 saturated heterocycles. The number of halogens is 1. The van der Waals surface area contributed by atoms with E-state index in [9.17, 15) is 0 Å². The highest BCUT2D eigenvalue weighted by molar-refractivity contribution is 6.32. The Morgan fingerprint density at radius 3 is 2.70 bits per heavy atom. The van der Waals surface area contributed by atoms with Crippen molar-refractivity contribution in [3.05, 3.63) is 10.9 Å². The molecule has 1 aliphatic rings. The molecule has 0 aliphatic carbocycles. The SMILES string of the molecule is CCOC1=C(Cl)[N]N=C1C. The largest absolute Gasteiger partial charge is 0.489 e. The van der Waals surface area contributed by atoms with E-state index in [0.717, 1.165) is 5.71 Å². The summed E-state index contributed by atoms with van der Waals surface area (Å²) in [4.78, 5) is 0. The van der Waals surface area contributed by atoms with Gasteiger partial charge in [-0.25, -0.2) is 0 Å². The van der Waals surface area contributed by atoms with Gasteiger partial charge in [0.15, 0.2) is 10.9 Å². The molecule has 0 fully saturated rings. The Kier molecular flexibility index (Phi) is 2.17. The minimum Gasteiger partial charge on any atom is -0.489 e. The van der Waals surface area contributed by atoms with Crippen molar-refractivity contribution in [3.63, 3.8) is 0 Å². The number of hydrogen-bond acceptors (Lipinski definition) is 2. The van der Waals surface area contributed by atoms with Crippen LogP contribution in [0.3, 0.4) is 0 Å². The molecule has 0 aromatic heterocycles. The first kappa shape index (κ1) is 7.41. The Balaban J connectivity index is 2.69. The maximum Gasteiger partial charge on any atom is 0.195 e. The number of ether oxygens (including phenoxy) is 1. The van der Waals surface area contributed by atoms with Gasteiger partial charge in [-0.2, -0.15) is 5.10 Å². The Hall–Kier alpha value is -0.700. The van der Waals surface area contributed by atoms with E-state index in [1.54, 1.807) is 0 Å². The molecule has 4 heteroatoms. The first-order valence-corrected chi connectivity index (χ1v) is 3.41. The van der Waals surface area contributed by atoms with Crippen molar-refractivity contribution in [1.29, 1.82) is 0 Å². The summed E-state index contributed by atoms with van der Waals surface area (Å²) >= 11 is 5.63. The van der Waals surface area contributed by atoms with E-state index in [-0.39, 0.29) is 0 Å². The molecule has 1 aliphatic heterocycles. The lowest BCUT2D eigenvalue weighted by Gasteiger charge is -2.01. The summed E-state index contributed by atoms with van der Waals surface area (Å²) < 4.78 is 5.15. The number of rotatable bonds is 2. The molecule has 0 aromatic carbocycles. The van der Waals surface area contributed by atoms with Crippen molar-refractivity contribution in [2.75, 3.05) is 6.61 Å². The van der Waals surface area contributed by atoms with E-state index >= 15 is 0 Å². The smallest absolute Gasteiger partial charge is 0.195 e. The highest BCUT2D eigenvalue weighted by Gasteiger charge is 2.16. The molecule has 0 amide bonds. The lowest BCUT2D eigenvalue weighted by Crippen LogP contribution is -1.99. The average molecular weight is 160 g/mol. The van der Waals surface area contributed by atoms with Crippen molar-refractivity contribution in [1.82, 2.24) is 5.43 Å². The zero-order chi connectivity index (χ0) is 7.56. The van der Waals surface area contributed by atoms with Crippen LogP contribution in [-0.2, 0) is 4.74 Å². The summed E-state index contributed by atoms with van der Waals surface area (Å²) in [5.74, 6) is 0.601. The molecule has 3 nitrogen and oxygen atoms in total. The van der Waals surface area contributed by atoms with Gasteiger partial charge in [0.05, 0.1) is 6.61 Å². The third kappa shape index (κ3) is 1.24. The van der Waals surface area contributed by atoms with Crippen LogP contribution in [0, 0.1) is 0 Å². The maximum absolute atomic E-state index is 5.63. The second-order valence-electron chi connectivity index (χ2n) is 1.84. The normalized spacial score (nSPS) is 16.9. The molecule has 0 saturated carbocycles. The van der Waals surface area contributed by atoms with Crippen LogP contribution in [0.4, 0.5) is 0 Å². The topological polar surface area (TPSA) is 35.7 Å². The second kappa shape index (κ2) is 2.92. The minimum absolute atomic E-state index is 0.347. The molecule has 55 valence electrons. The Morgan fingerprint density at radius 2 is 2.30 bits per heavy atom. The Labute approximate surface area is 64.7 Å². The second-order valence-corrected chi connectivity index (χ2v) is 2.20. The molecule has 0 bridgehead atoms. The third-order valence-electron chi connectivity index (χ3n) is 1.09. The summed E-state index contributed by atoms with van der Waals surface area (Å²) in [6.07, 6.45) is 0. The fourth-order valence-electron chi connectivity index (χ4n) is 0.667. The summed E-state index contributed by atoms with van der Waals surface area (Å²) in [6, 6.07) is 0. The molecular weight excluding hydrogens is 152 g/mol. The Morgan fingerprint density at radius 1 is 1.60 bits per heavy atom. The molecule has 0 atom stereocenters. The van der Waals surface area contributed by atoms with Gasteiger partial charge in [-0.3, -0.25) is 0 Å². The van der Waals surface area contributed by atoms with Crippen LogP contribution in [0.15, 0.2) is 16.0 Å². The minimum atomic E-state index is 0.347. The van der Waals surface area contributed by atoms with E-state index in [1.807, 2.05) is 13.8 Å². The molecule has 10 heavy (non-hydrogen) atoms. The van der Waals surface area contributed by atoms with Crippen LogP contribution in [0.5, 0.6) is 0 Å². The van der Waals surface area contributed by atoms with Crippen LogP contribution < -0.4 is 5.43 Å². The van der Waals surface area contributed by atoms with Gasteiger partial charge in [0.25, 0.3) is 0 Å². The van der Waals surface area contributed by atoms with Gasteiger partial charge in [-0.1, -0.05) is 11.6 Å². The molecule has 0 N–H and O–H groups in total. The highest BCUT2D eigenvalue weighted by Crippen LogP contribution is 2.16. The van der Waals surface area contributed by atoms with Crippen molar-refractivity contribution in [2.45, 2.75) is 13.8 Å². The summed E-state index contributed by atoms with van der Waals surface area (Å²) in [6.45, 7) is 4.29. The van der Waals surface area contributed by atoms with Crippen LogP contribution in [0.25, 0.3) is 0 Å². The summed E-state index contributed by atoms with van der Waals surface area (Å²) in [5.41, 5.74) is 4.37. The van der Waals surface area contributed by atoms with Crippen LogP contribution in [-0.4, -0.2) is 12.3 Å². The third-order valence-corrected chi connectivity index (χ3v) is 1.34. The van der Waals surface area contributed by atoms with Crippen LogP contribution >= 0.6 is 11.6 Å². The van der Waals surface area contributed by atoms with Gasteiger partial charge in [0.1, 0.15) is 5.71 Å². The molecule has 1 rings (SSSR count). The summed E-state index contributed by atoms with van der Waals surface area (Å²) in [7, 11) is 0. The van der Waals surface area contributed by atoms with Crippen LogP contribution in [0.1, 0.15) is 13.8 Å². The molecule has 0 unspecified atom stereocenters. The van der Waals surface area contributed by atoms with Crippen LogP contribution in [0.2, 0.25) is 0 Å². The van der Waals surface area contributed by atoms with Gasteiger partial charge in [0, 0.05) is 0 Å². The first-order valence-electron chi connectivity index (χ1n) is 3.04. The number of allylic oxidation sites excluding steroid dienone is 1. The number of hydrogen-bond donors (Lipinski definition) is 0. The Bertz CT molecular complexity index is 198. The van der Waals surface area contributed by atoms with Crippen molar-refractivity contribution in [3.8, 4) is 0 Å². The van der Waals surface area contributed by atoms with Gasteiger partial charge in [-0.05, 0) is 13.8 Å². The molecule has 0 spiro atoms. The maximum atomic E-state index is 5.63. The molecular formula is C6H8ClN2O. The molecule has 1 heterocycles. The van der Waals surface area contributed by atoms with Gasteiger partial charge < -0.3 is 4.74 Å². The number of nitrogens with zero attached hydrogens (tertiary/aromatic N) is 2.